The van der Waals surface area contributed by atoms with Crippen LogP contribution in [0.15, 0.2) is 65.1 Å². The zero-order chi connectivity index (χ0) is 14.0. The molecule has 2 aromatic carbocycles. The molecule has 4 nitrogen and oxygen atoms in total. The van der Waals surface area contributed by atoms with Crippen molar-refractivity contribution in [3.05, 3.63) is 71.8 Å². The second kappa shape index (κ2) is 5.09. The lowest BCUT2D eigenvalue weighted by atomic mass is 10.0. The van der Waals surface area contributed by atoms with Gasteiger partial charge >= 0.3 is 0 Å². The summed E-state index contributed by atoms with van der Waals surface area (Å²) in [7, 11) is -3.63. The maximum absolute atomic E-state index is 12.3. The summed E-state index contributed by atoms with van der Waals surface area (Å²) in [6.45, 7) is 0. The van der Waals surface area contributed by atoms with Gasteiger partial charge in [0.25, 0.3) is 10.0 Å². The molecule has 2 aromatic rings. The number of sulfonamides is 1. The van der Waals surface area contributed by atoms with Crippen LogP contribution in [0, 0.1) is 0 Å². The third-order valence-electron chi connectivity index (χ3n) is 3.25. The SMILES string of the molecule is O=S1(=O)N=CO[C@@H](c2ccccc2)[C@H]1c1ccccc1. The highest BCUT2D eigenvalue weighted by molar-refractivity contribution is 7.90. The minimum absolute atomic E-state index is 0.582. The van der Waals surface area contributed by atoms with Gasteiger partial charge in [0, 0.05) is 0 Å². The van der Waals surface area contributed by atoms with Gasteiger partial charge in [0.15, 0.2) is 6.40 Å². The number of hydrogen-bond donors (Lipinski definition) is 0. The average molecular weight is 287 g/mol. The highest BCUT2D eigenvalue weighted by Gasteiger charge is 2.39. The summed E-state index contributed by atoms with van der Waals surface area (Å²) in [6.07, 6.45) is 0.438. The fourth-order valence-electron chi connectivity index (χ4n) is 2.33. The molecular weight excluding hydrogens is 274 g/mol. The third-order valence-corrected chi connectivity index (χ3v) is 4.79. The summed E-state index contributed by atoms with van der Waals surface area (Å²) < 4.78 is 33.6. The molecule has 0 unspecified atom stereocenters. The lowest BCUT2D eigenvalue weighted by molar-refractivity contribution is 0.191. The highest BCUT2D eigenvalue weighted by atomic mass is 32.2. The fourth-order valence-corrected chi connectivity index (χ4v) is 3.66. The lowest BCUT2D eigenvalue weighted by Gasteiger charge is -2.28. The Labute approximate surface area is 117 Å². The first-order chi connectivity index (χ1) is 9.68. The van der Waals surface area contributed by atoms with Crippen LogP contribution >= 0.6 is 0 Å². The van der Waals surface area contributed by atoms with E-state index < -0.39 is 21.4 Å². The molecule has 1 aliphatic heterocycles. The number of ether oxygens (including phenoxy) is 1. The van der Waals surface area contributed by atoms with Crippen LogP contribution in [0.2, 0.25) is 0 Å². The average Bonchev–Trinajstić information content (AvgIpc) is 2.48. The molecule has 0 saturated heterocycles. The van der Waals surface area contributed by atoms with E-state index in [2.05, 4.69) is 4.40 Å². The Bertz CT molecular complexity index is 711. The first-order valence-electron chi connectivity index (χ1n) is 6.21. The Kier molecular flexibility index (Phi) is 3.28. The molecule has 1 aliphatic rings. The normalized spacial score (nSPS) is 24.0. The Hall–Kier alpha value is -2.14. The van der Waals surface area contributed by atoms with E-state index in [1.54, 1.807) is 12.1 Å². The van der Waals surface area contributed by atoms with Crippen molar-refractivity contribution in [3.63, 3.8) is 0 Å². The van der Waals surface area contributed by atoms with Gasteiger partial charge in [-0.2, -0.15) is 0 Å². The zero-order valence-corrected chi connectivity index (χ0v) is 11.4. The maximum Gasteiger partial charge on any atom is 0.267 e. The molecule has 5 heteroatoms. The van der Waals surface area contributed by atoms with Crippen molar-refractivity contribution in [1.29, 1.82) is 0 Å². The van der Waals surface area contributed by atoms with E-state index in [0.29, 0.717) is 5.56 Å². The molecule has 0 spiro atoms. The molecule has 2 atom stereocenters. The largest absolute Gasteiger partial charge is 0.473 e. The topological polar surface area (TPSA) is 55.7 Å². The lowest BCUT2D eigenvalue weighted by Crippen LogP contribution is -2.25. The summed E-state index contributed by atoms with van der Waals surface area (Å²) in [6, 6.07) is 18.3. The Morgan fingerprint density at radius 3 is 2.00 bits per heavy atom. The van der Waals surface area contributed by atoms with Gasteiger partial charge in [-0.05, 0) is 11.1 Å². The standard InChI is InChI=1S/C15H13NO3S/c17-20(18)15(13-9-5-2-6-10-13)14(19-11-16-20)12-7-3-1-4-8-12/h1-11,14-15H/t14-,15+/m0/s1. The summed E-state index contributed by atoms with van der Waals surface area (Å²) in [5.41, 5.74) is 1.49. The maximum atomic E-state index is 12.3. The smallest absolute Gasteiger partial charge is 0.267 e. The van der Waals surface area contributed by atoms with Gasteiger partial charge in [0.2, 0.25) is 0 Å². The predicted octanol–water partition coefficient (Wildman–Crippen LogP) is 2.86. The Balaban J connectivity index is 2.12. The van der Waals surface area contributed by atoms with Gasteiger partial charge in [0.05, 0.1) is 0 Å². The molecule has 102 valence electrons. The highest BCUT2D eigenvalue weighted by Crippen LogP contribution is 2.40. The monoisotopic (exact) mass is 287 g/mol. The van der Waals surface area contributed by atoms with E-state index in [0.717, 1.165) is 12.0 Å². The van der Waals surface area contributed by atoms with Gasteiger partial charge in [-0.1, -0.05) is 60.7 Å². The van der Waals surface area contributed by atoms with Crippen molar-refractivity contribution in [2.45, 2.75) is 11.4 Å². The van der Waals surface area contributed by atoms with Crippen molar-refractivity contribution in [2.75, 3.05) is 0 Å². The third kappa shape index (κ3) is 2.32. The summed E-state index contributed by atoms with van der Waals surface area (Å²) in [5, 5.41) is -0.823. The number of nitrogens with zero attached hydrogens (tertiary/aromatic N) is 1. The molecule has 0 aliphatic carbocycles. The second-order valence-electron chi connectivity index (χ2n) is 4.52. The van der Waals surface area contributed by atoms with Gasteiger partial charge in [0.1, 0.15) is 11.4 Å². The minimum Gasteiger partial charge on any atom is -0.473 e. The van der Waals surface area contributed by atoms with Crippen molar-refractivity contribution >= 4 is 16.4 Å². The van der Waals surface area contributed by atoms with Crippen LogP contribution in [0.25, 0.3) is 0 Å². The second-order valence-corrected chi connectivity index (χ2v) is 6.27. The molecular formula is C15H13NO3S. The molecule has 0 N–H and O–H groups in total. The molecule has 0 radical (unpaired) electrons. The zero-order valence-electron chi connectivity index (χ0n) is 10.6. The van der Waals surface area contributed by atoms with Crippen LogP contribution in [0.3, 0.4) is 0 Å². The number of rotatable bonds is 2. The van der Waals surface area contributed by atoms with E-state index in [-0.39, 0.29) is 0 Å². The Morgan fingerprint density at radius 2 is 1.40 bits per heavy atom. The molecule has 0 saturated carbocycles. The van der Waals surface area contributed by atoms with E-state index in [1.807, 2.05) is 48.5 Å². The number of benzene rings is 2. The molecule has 0 fully saturated rings. The van der Waals surface area contributed by atoms with Crippen molar-refractivity contribution in [3.8, 4) is 0 Å². The summed E-state index contributed by atoms with van der Waals surface area (Å²) in [5.74, 6) is 0. The Morgan fingerprint density at radius 1 is 0.850 bits per heavy atom. The first kappa shape index (κ1) is 12.9. The van der Waals surface area contributed by atoms with Crippen molar-refractivity contribution < 1.29 is 13.2 Å². The molecule has 1 heterocycles. The predicted molar refractivity (Wildman–Crippen MR) is 76.9 cm³/mol. The summed E-state index contributed by atoms with van der Waals surface area (Å²) in [4.78, 5) is 0. The molecule has 3 rings (SSSR count). The molecule has 0 aromatic heterocycles. The molecule has 20 heavy (non-hydrogen) atoms. The van der Waals surface area contributed by atoms with Crippen LogP contribution in [0.5, 0.6) is 0 Å². The van der Waals surface area contributed by atoms with E-state index in [9.17, 15) is 8.42 Å². The quantitative estimate of drug-likeness (QED) is 0.853. The van der Waals surface area contributed by atoms with E-state index >= 15 is 0 Å². The van der Waals surface area contributed by atoms with Crippen LogP contribution in [-0.4, -0.2) is 14.8 Å². The first-order valence-corrected chi connectivity index (χ1v) is 7.72. The molecule has 0 bridgehead atoms. The molecule has 0 amide bonds. The van der Waals surface area contributed by atoms with Crippen LogP contribution in [-0.2, 0) is 14.8 Å². The van der Waals surface area contributed by atoms with E-state index in [4.69, 9.17) is 4.74 Å². The van der Waals surface area contributed by atoms with Gasteiger partial charge in [-0.25, -0.2) is 8.42 Å². The van der Waals surface area contributed by atoms with E-state index in [1.165, 1.54) is 0 Å². The summed E-state index contributed by atoms with van der Waals surface area (Å²) >= 11 is 0. The van der Waals surface area contributed by atoms with Crippen molar-refractivity contribution in [1.82, 2.24) is 0 Å². The fraction of sp³-hybridized carbons (Fsp3) is 0.133. The van der Waals surface area contributed by atoms with Crippen LogP contribution < -0.4 is 0 Å². The van der Waals surface area contributed by atoms with Gasteiger partial charge in [-0.3, -0.25) is 0 Å². The van der Waals surface area contributed by atoms with Crippen LogP contribution in [0.4, 0.5) is 0 Å². The minimum atomic E-state index is -3.63. The van der Waals surface area contributed by atoms with Crippen LogP contribution in [0.1, 0.15) is 22.5 Å². The van der Waals surface area contributed by atoms with Gasteiger partial charge < -0.3 is 4.74 Å². The number of hydrogen-bond acceptors (Lipinski definition) is 3. The van der Waals surface area contributed by atoms with Crippen molar-refractivity contribution in [2.24, 2.45) is 4.40 Å². The van der Waals surface area contributed by atoms with Gasteiger partial charge in [-0.15, -0.1) is 4.40 Å².